The van der Waals surface area contributed by atoms with Crippen molar-refractivity contribution in [3.63, 3.8) is 0 Å². The van der Waals surface area contributed by atoms with Crippen LogP contribution in [0.5, 0.6) is 0 Å². The van der Waals surface area contributed by atoms with Gasteiger partial charge in [0.2, 0.25) is 6.39 Å². The Hall–Kier alpha value is -2.08. The van der Waals surface area contributed by atoms with Crippen LogP contribution >= 0.6 is 11.6 Å². The summed E-state index contributed by atoms with van der Waals surface area (Å²) in [6.45, 7) is 0.168. The summed E-state index contributed by atoms with van der Waals surface area (Å²) < 4.78 is 4.54. The molecule has 7 heteroatoms. The number of hydrogen-bond donors (Lipinski definition) is 2. The fraction of sp³-hybridized carbons (Fsp3) is 0.100. The van der Waals surface area contributed by atoms with Gasteiger partial charge in [-0.1, -0.05) is 16.8 Å². The molecule has 0 aliphatic rings. The predicted octanol–water partition coefficient (Wildman–Crippen LogP) is 1.24. The SMILES string of the molecule is Nc1ccc(Cl)cc1C(=O)NCc1ncon1. The van der Waals surface area contributed by atoms with E-state index in [4.69, 9.17) is 17.3 Å². The third kappa shape index (κ3) is 2.73. The van der Waals surface area contributed by atoms with E-state index in [1.165, 1.54) is 12.5 Å². The van der Waals surface area contributed by atoms with Gasteiger partial charge >= 0.3 is 0 Å². The quantitative estimate of drug-likeness (QED) is 0.802. The van der Waals surface area contributed by atoms with E-state index < -0.39 is 0 Å². The molecule has 0 saturated heterocycles. The first-order valence-electron chi connectivity index (χ1n) is 4.75. The second-order valence-electron chi connectivity index (χ2n) is 3.26. The molecule has 0 saturated carbocycles. The molecule has 2 aromatic rings. The zero-order valence-electron chi connectivity index (χ0n) is 8.68. The number of nitrogens with one attached hydrogen (secondary N) is 1. The van der Waals surface area contributed by atoms with Crippen LogP contribution in [0.2, 0.25) is 5.02 Å². The molecule has 0 atom stereocenters. The normalized spacial score (nSPS) is 10.2. The van der Waals surface area contributed by atoms with Crippen molar-refractivity contribution in [3.05, 3.63) is 41.0 Å². The summed E-state index contributed by atoms with van der Waals surface area (Å²) in [4.78, 5) is 15.5. The molecule has 0 radical (unpaired) electrons. The highest BCUT2D eigenvalue weighted by Crippen LogP contribution is 2.17. The number of anilines is 1. The Bertz CT molecular complexity index is 527. The minimum Gasteiger partial charge on any atom is -0.398 e. The first-order valence-corrected chi connectivity index (χ1v) is 5.13. The van der Waals surface area contributed by atoms with Crippen LogP contribution in [0.4, 0.5) is 5.69 Å². The van der Waals surface area contributed by atoms with Gasteiger partial charge in [-0.15, -0.1) is 0 Å². The summed E-state index contributed by atoms with van der Waals surface area (Å²) in [7, 11) is 0. The van der Waals surface area contributed by atoms with E-state index in [0.29, 0.717) is 22.1 Å². The highest BCUT2D eigenvalue weighted by atomic mass is 35.5. The minimum absolute atomic E-state index is 0.168. The maximum absolute atomic E-state index is 11.8. The van der Waals surface area contributed by atoms with Gasteiger partial charge in [-0.2, -0.15) is 4.98 Å². The van der Waals surface area contributed by atoms with E-state index in [1.807, 2.05) is 0 Å². The van der Waals surface area contributed by atoms with Crippen molar-refractivity contribution in [2.75, 3.05) is 5.73 Å². The van der Waals surface area contributed by atoms with Crippen LogP contribution in [0, 0.1) is 0 Å². The fourth-order valence-electron chi connectivity index (χ4n) is 1.25. The van der Waals surface area contributed by atoms with Crippen molar-refractivity contribution in [1.82, 2.24) is 15.5 Å². The molecule has 0 bridgehead atoms. The fourth-order valence-corrected chi connectivity index (χ4v) is 1.42. The van der Waals surface area contributed by atoms with Crippen LogP contribution < -0.4 is 11.1 Å². The van der Waals surface area contributed by atoms with Gasteiger partial charge in [-0.05, 0) is 18.2 Å². The molecule has 1 heterocycles. The molecule has 88 valence electrons. The first-order chi connectivity index (χ1) is 8.16. The summed E-state index contributed by atoms with van der Waals surface area (Å²) >= 11 is 5.79. The highest BCUT2D eigenvalue weighted by Gasteiger charge is 2.10. The maximum Gasteiger partial charge on any atom is 0.253 e. The van der Waals surface area contributed by atoms with Crippen molar-refractivity contribution in [2.45, 2.75) is 6.54 Å². The van der Waals surface area contributed by atoms with Crippen LogP contribution in [0.1, 0.15) is 16.2 Å². The van der Waals surface area contributed by atoms with Crippen LogP contribution in [0.25, 0.3) is 0 Å². The van der Waals surface area contributed by atoms with Crippen molar-refractivity contribution >= 4 is 23.2 Å². The number of hydrogen-bond acceptors (Lipinski definition) is 5. The summed E-state index contributed by atoms with van der Waals surface area (Å²) in [5.74, 6) is 0.0498. The Kier molecular flexibility index (Phi) is 3.24. The van der Waals surface area contributed by atoms with Crippen LogP contribution in [-0.4, -0.2) is 16.0 Å². The molecule has 0 unspecified atom stereocenters. The third-order valence-electron chi connectivity index (χ3n) is 2.07. The molecule has 0 aliphatic heterocycles. The van der Waals surface area contributed by atoms with E-state index in [1.54, 1.807) is 12.1 Å². The van der Waals surface area contributed by atoms with Gasteiger partial charge in [0.25, 0.3) is 5.91 Å². The molecule has 0 fully saturated rings. The van der Waals surface area contributed by atoms with Gasteiger partial charge in [0.05, 0.1) is 12.1 Å². The number of benzene rings is 1. The molecule has 0 aliphatic carbocycles. The number of carbonyl (C=O) groups is 1. The Morgan fingerprint density at radius 1 is 1.53 bits per heavy atom. The van der Waals surface area contributed by atoms with E-state index in [0.717, 1.165) is 0 Å². The topological polar surface area (TPSA) is 94.0 Å². The van der Waals surface area contributed by atoms with Crippen molar-refractivity contribution < 1.29 is 9.32 Å². The summed E-state index contributed by atoms with van der Waals surface area (Å²) in [5, 5.41) is 6.62. The number of nitrogens with zero attached hydrogens (tertiary/aromatic N) is 2. The molecule has 2 rings (SSSR count). The number of rotatable bonds is 3. The third-order valence-corrected chi connectivity index (χ3v) is 2.31. The van der Waals surface area contributed by atoms with Crippen LogP contribution in [0.3, 0.4) is 0 Å². The number of nitrogen functional groups attached to an aromatic ring is 1. The highest BCUT2D eigenvalue weighted by molar-refractivity contribution is 6.31. The maximum atomic E-state index is 11.8. The molecule has 1 aromatic carbocycles. The van der Waals surface area contributed by atoms with Gasteiger partial charge < -0.3 is 15.6 Å². The number of halogens is 1. The predicted molar refractivity (Wildman–Crippen MR) is 61.3 cm³/mol. The number of amides is 1. The monoisotopic (exact) mass is 252 g/mol. The number of aromatic nitrogens is 2. The van der Waals surface area contributed by atoms with Crippen molar-refractivity contribution in [3.8, 4) is 0 Å². The van der Waals surface area contributed by atoms with E-state index >= 15 is 0 Å². The second-order valence-corrected chi connectivity index (χ2v) is 3.70. The van der Waals surface area contributed by atoms with E-state index in [2.05, 4.69) is 20.0 Å². The minimum atomic E-state index is -0.338. The van der Waals surface area contributed by atoms with Crippen LogP contribution in [0.15, 0.2) is 29.1 Å². The zero-order valence-corrected chi connectivity index (χ0v) is 9.44. The van der Waals surface area contributed by atoms with Crippen LogP contribution in [-0.2, 0) is 6.54 Å². The Morgan fingerprint density at radius 2 is 2.35 bits per heavy atom. The lowest BCUT2D eigenvalue weighted by molar-refractivity contribution is 0.0950. The summed E-state index contributed by atoms with van der Waals surface area (Å²) in [6.07, 6.45) is 1.19. The summed E-state index contributed by atoms with van der Waals surface area (Å²) in [6, 6.07) is 4.70. The molecule has 1 amide bonds. The summed E-state index contributed by atoms with van der Waals surface area (Å²) in [5.41, 5.74) is 6.35. The lowest BCUT2D eigenvalue weighted by Crippen LogP contribution is -2.24. The lowest BCUT2D eigenvalue weighted by atomic mass is 10.1. The molecular weight excluding hydrogens is 244 g/mol. The molecular formula is C10H9ClN4O2. The number of nitrogens with two attached hydrogens (primary N) is 1. The number of carbonyl (C=O) groups excluding carboxylic acids is 1. The first kappa shape index (κ1) is 11.4. The van der Waals surface area contributed by atoms with Gasteiger partial charge in [0.15, 0.2) is 5.82 Å². The van der Waals surface area contributed by atoms with Crippen molar-refractivity contribution in [1.29, 1.82) is 0 Å². The van der Waals surface area contributed by atoms with E-state index in [-0.39, 0.29) is 12.5 Å². The molecule has 6 nitrogen and oxygen atoms in total. The van der Waals surface area contributed by atoms with Gasteiger partial charge in [-0.3, -0.25) is 4.79 Å². The van der Waals surface area contributed by atoms with Gasteiger partial charge in [-0.25, -0.2) is 0 Å². The Balaban J connectivity index is 2.07. The van der Waals surface area contributed by atoms with Gasteiger partial charge in [0, 0.05) is 10.7 Å². The Labute approximate surface area is 102 Å². The van der Waals surface area contributed by atoms with Crippen molar-refractivity contribution in [2.24, 2.45) is 0 Å². The molecule has 3 N–H and O–H groups in total. The smallest absolute Gasteiger partial charge is 0.253 e. The molecule has 1 aromatic heterocycles. The average molecular weight is 253 g/mol. The molecule has 17 heavy (non-hydrogen) atoms. The largest absolute Gasteiger partial charge is 0.398 e. The Morgan fingerprint density at radius 3 is 3.06 bits per heavy atom. The zero-order chi connectivity index (χ0) is 12.3. The van der Waals surface area contributed by atoms with Gasteiger partial charge in [0.1, 0.15) is 0 Å². The average Bonchev–Trinajstić information content (AvgIpc) is 2.82. The van der Waals surface area contributed by atoms with E-state index in [9.17, 15) is 4.79 Å². The standard InChI is InChI=1S/C10H9ClN4O2/c11-6-1-2-8(12)7(3-6)10(16)13-4-9-14-5-17-15-9/h1-3,5H,4,12H2,(H,13,16). The second kappa shape index (κ2) is 4.84. The lowest BCUT2D eigenvalue weighted by Gasteiger charge is -2.06. The molecule has 0 spiro atoms.